The number of hydrogen-bond donors (Lipinski definition) is 3. The molecule has 2 amide bonds. The summed E-state index contributed by atoms with van der Waals surface area (Å²) in [6, 6.07) is 16.1. The van der Waals surface area contributed by atoms with Crippen molar-refractivity contribution in [1.29, 1.82) is 0 Å². The van der Waals surface area contributed by atoms with E-state index in [0.29, 0.717) is 24.5 Å². The number of nitrogens with zero attached hydrogens (tertiary/aromatic N) is 3. The summed E-state index contributed by atoms with van der Waals surface area (Å²) in [6.45, 7) is 2.69. The summed E-state index contributed by atoms with van der Waals surface area (Å²) in [5.41, 5.74) is 2.86. The molecule has 0 bridgehead atoms. The molecule has 0 unspecified atom stereocenters. The SMILES string of the molecule is Cc1ccccc1NC(=O)NCC1CCC(Nc2nc(N(C)C)c3ccccc3n2)CC1. The van der Waals surface area contributed by atoms with Gasteiger partial charge in [0.05, 0.1) is 5.52 Å². The molecule has 1 heterocycles. The molecule has 1 fully saturated rings. The number of urea groups is 1. The van der Waals surface area contributed by atoms with Crippen LogP contribution in [-0.4, -0.2) is 42.7 Å². The fourth-order valence-electron chi connectivity index (χ4n) is 4.28. The predicted molar refractivity (Wildman–Crippen MR) is 131 cm³/mol. The highest BCUT2D eigenvalue weighted by Crippen LogP contribution is 2.28. The number of benzene rings is 2. The number of carbonyl (C=O) groups is 1. The van der Waals surface area contributed by atoms with Crippen molar-refractivity contribution in [2.45, 2.75) is 38.6 Å². The predicted octanol–water partition coefficient (Wildman–Crippen LogP) is 4.80. The molecule has 0 spiro atoms. The van der Waals surface area contributed by atoms with Crippen LogP contribution in [0, 0.1) is 12.8 Å². The number of rotatable bonds is 6. The Morgan fingerprint density at radius 2 is 1.72 bits per heavy atom. The molecular weight excluding hydrogens is 400 g/mol. The summed E-state index contributed by atoms with van der Waals surface area (Å²) >= 11 is 0. The van der Waals surface area contributed by atoms with Gasteiger partial charge in [-0.05, 0) is 62.3 Å². The Bertz CT molecular complexity index is 1070. The number of anilines is 3. The van der Waals surface area contributed by atoms with E-state index in [9.17, 15) is 4.79 Å². The molecule has 0 saturated heterocycles. The van der Waals surface area contributed by atoms with E-state index in [1.54, 1.807) is 0 Å². The minimum absolute atomic E-state index is 0.139. The second-order valence-electron chi connectivity index (χ2n) is 8.79. The Kier molecular flexibility index (Phi) is 6.73. The van der Waals surface area contributed by atoms with Crippen LogP contribution in [0.3, 0.4) is 0 Å². The summed E-state index contributed by atoms with van der Waals surface area (Å²) in [7, 11) is 4.01. The normalized spacial score (nSPS) is 18.2. The number of hydrogen-bond acceptors (Lipinski definition) is 5. The highest BCUT2D eigenvalue weighted by molar-refractivity contribution is 5.90. The lowest BCUT2D eigenvalue weighted by atomic mass is 9.86. The number of carbonyl (C=O) groups excluding carboxylic acids is 1. The lowest BCUT2D eigenvalue weighted by Crippen LogP contribution is -2.36. The molecule has 4 rings (SSSR count). The number of amides is 2. The molecule has 1 saturated carbocycles. The van der Waals surface area contributed by atoms with E-state index in [2.05, 4.69) is 22.0 Å². The van der Waals surface area contributed by atoms with Gasteiger partial charge in [0.1, 0.15) is 5.82 Å². The van der Waals surface area contributed by atoms with Crippen molar-refractivity contribution in [3.8, 4) is 0 Å². The lowest BCUT2D eigenvalue weighted by molar-refractivity contribution is 0.246. The molecular formula is C25H32N6O. The van der Waals surface area contributed by atoms with Crippen LogP contribution < -0.4 is 20.9 Å². The molecule has 7 nitrogen and oxygen atoms in total. The first-order valence-electron chi connectivity index (χ1n) is 11.3. The summed E-state index contributed by atoms with van der Waals surface area (Å²) in [4.78, 5) is 23.8. The van der Waals surface area contributed by atoms with E-state index in [1.807, 2.05) is 68.4 Å². The van der Waals surface area contributed by atoms with Crippen LogP contribution in [0.15, 0.2) is 48.5 Å². The first-order chi connectivity index (χ1) is 15.5. The summed E-state index contributed by atoms with van der Waals surface area (Å²) < 4.78 is 0. The van der Waals surface area contributed by atoms with Crippen molar-refractivity contribution in [1.82, 2.24) is 15.3 Å². The minimum atomic E-state index is -0.139. The zero-order valence-electron chi connectivity index (χ0n) is 19.1. The van der Waals surface area contributed by atoms with Gasteiger partial charge in [-0.25, -0.2) is 9.78 Å². The van der Waals surface area contributed by atoms with Crippen molar-refractivity contribution < 1.29 is 4.79 Å². The van der Waals surface area contributed by atoms with E-state index in [4.69, 9.17) is 9.97 Å². The van der Waals surface area contributed by atoms with Crippen molar-refractivity contribution >= 4 is 34.4 Å². The number of aromatic nitrogens is 2. The minimum Gasteiger partial charge on any atom is -0.362 e. The number of aryl methyl sites for hydroxylation is 1. The van der Waals surface area contributed by atoms with Crippen molar-refractivity contribution in [2.75, 3.05) is 36.2 Å². The first kappa shape index (κ1) is 21.9. The fourth-order valence-corrected chi connectivity index (χ4v) is 4.28. The summed E-state index contributed by atoms with van der Waals surface area (Å²) in [6.07, 6.45) is 4.21. The third-order valence-electron chi connectivity index (χ3n) is 6.13. The molecule has 1 aliphatic rings. The topological polar surface area (TPSA) is 82.2 Å². The fraction of sp³-hybridized carbons (Fsp3) is 0.400. The molecule has 0 aliphatic heterocycles. The molecule has 0 atom stereocenters. The maximum absolute atomic E-state index is 12.3. The van der Waals surface area contributed by atoms with E-state index in [1.165, 1.54) is 0 Å². The van der Waals surface area contributed by atoms with Gasteiger partial charge >= 0.3 is 6.03 Å². The van der Waals surface area contributed by atoms with E-state index in [-0.39, 0.29) is 6.03 Å². The standard InChI is InChI=1S/C25H32N6O/c1-17-8-4-6-10-21(17)29-25(32)26-16-18-12-14-19(15-13-18)27-24-28-22-11-7-5-9-20(22)23(30-24)31(2)3/h4-11,18-19H,12-16H2,1-3H3,(H2,26,29,32)(H,27,28,30). The zero-order valence-corrected chi connectivity index (χ0v) is 19.1. The van der Waals surface area contributed by atoms with Gasteiger partial charge in [0.15, 0.2) is 0 Å². The summed E-state index contributed by atoms with van der Waals surface area (Å²) in [5, 5.41) is 10.6. The average molecular weight is 433 g/mol. The van der Waals surface area contributed by atoms with Crippen LogP contribution in [-0.2, 0) is 0 Å². The highest BCUT2D eigenvalue weighted by Gasteiger charge is 2.22. The van der Waals surface area contributed by atoms with Crippen LogP contribution in [0.1, 0.15) is 31.2 Å². The smallest absolute Gasteiger partial charge is 0.319 e. The Morgan fingerprint density at radius 3 is 2.47 bits per heavy atom. The largest absolute Gasteiger partial charge is 0.362 e. The van der Waals surface area contributed by atoms with Gasteiger partial charge in [-0.3, -0.25) is 0 Å². The van der Waals surface area contributed by atoms with E-state index >= 15 is 0 Å². The Balaban J connectivity index is 1.28. The quantitative estimate of drug-likeness (QED) is 0.521. The van der Waals surface area contributed by atoms with Crippen LogP contribution in [0.5, 0.6) is 0 Å². The molecule has 168 valence electrons. The number of para-hydroxylation sites is 2. The zero-order chi connectivity index (χ0) is 22.5. The molecule has 32 heavy (non-hydrogen) atoms. The van der Waals surface area contributed by atoms with Crippen molar-refractivity contribution in [3.05, 3.63) is 54.1 Å². The van der Waals surface area contributed by atoms with Crippen LogP contribution >= 0.6 is 0 Å². The lowest BCUT2D eigenvalue weighted by Gasteiger charge is -2.29. The third-order valence-corrected chi connectivity index (χ3v) is 6.13. The van der Waals surface area contributed by atoms with Gasteiger partial charge in [-0.2, -0.15) is 4.98 Å². The first-order valence-corrected chi connectivity index (χ1v) is 11.3. The molecule has 2 aromatic carbocycles. The van der Waals surface area contributed by atoms with Gasteiger partial charge in [0, 0.05) is 37.8 Å². The number of nitrogens with one attached hydrogen (secondary N) is 3. The Hall–Kier alpha value is -3.35. The Morgan fingerprint density at radius 1 is 1.00 bits per heavy atom. The summed E-state index contributed by atoms with van der Waals surface area (Å²) in [5.74, 6) is 2.10. The second kappa shape index (κ2) is 9.85. The van der Waals surface area contributed by atoms with Gasteiger partial charge in [-0.15, -0.1) is 0 Å². The Labute approximate surface area is 189 Å². The van der Waals surface area contributed by atoms with Gasteiger partial charge < -0.3 is 20.9 Å². The van der Waals surface area contributed by atoms with Gasteiger partial charge in [0.25, 0.3) is 0 Å². The average Bonchev–Trinajstić information content (AvgIpc) is 2.79. The molecule has 1 aliphatic carbocycles. The monoisotopic (exact) mass is 432 g/mol. The van der Waals surface area contributed by atoms with E-state index < -0.39 is 0 Å². The molecule has 7 heteroatoms. The highest BCUT2D eigenvalue weighted by atomic mass is 16.2. The van der Waals surface area contributed by atoms with Crippen molar-refractivity contribution in [3.63, 3.8) is 0 Å². The van der Waals surface area contributed by atoms with Crippen LogP contribution in [0.2, 0.25) is 0 Å². The van der Waals surface area contributed by atoms with Crippen molar-refractivity contribution in [2.24, 2.45) is 5.92 Å². The molecule has 3 N–H and O–H groups in total. The van der Waals surface area contributed by atoms with Crippen LogP contribution in [0.4, 0.5) is 22.2 Å². The van der Waals surface area contributed by atoms with Gasteiger partial charge in [0.2, 0.25) is 5.95 Å². The maximum atomic E-state index is 12.3. The third kappa shape index (κ3) is 5.28. The molecule has 3 aromatic rings. The second-order valence-corrected chi connectivity index (χ2v) is 8.79. The van der Waals surface area contributed by atoms with Crippen LogP contribution in [0.25, 0.3) is 10.9 Å². The van der Waals surface area contributed by atoms with E-state index in [0.717, 1.165) is 53.7 Å². The number of fused-ring (bicyclic) bond motifs is 1. The van der Waals surface area contributed by atoms with Gasteiger partial charge in [-0.1, -0.05) is 30.3 Å². The maximum Gasteiger partial charge on any atom is 0.319 e. The molecule has 0 radical (unpaired) electrons. The molecule has 1 aromatic heterocycles.